The Morgan fingerprint density at radius 2 is 1.89 bits per heavy atom. The van der Waals surface area contributed by atoms with Crippen molar-refractivity contribution < 1.29 is 28.0 Å². The average molecular weight is 493 g/mol. The van der Waals surface area contributed by atoms with E-state index in [1.54, 1.807) is 36.4 Å². The molecule has 0 atom stereocenters. The summed E-state index contributed by atoms with van der Waals surface area (Å²) in [7, 11) is 0. The zero-order valence-electron chi connectivity index (χ0n) is 18.4. The Balaban J connectivity index is 1.35. The van der Waals surface area contributed by atoms with Gasteiger partial charge in [-0.2, -0.15) is 8.78 Å². The number of imidazole rings is 1. The summed E-state index contributed by atoms with van der Waals surface area (Å²) in [5.41, 5.74) is 1.40. The van der Waals surface area contributed by atoms with Crippen LogP contribution in [0.4, 0.5) is 25.8 Å². The number of aromatic nitrogens is 2. The van der Waals surface area contributed by atoms with E-state index in [4.69, 9.17) is 4.74 Å². The number of halogens is 2. The van der Waals surface area contributed by atoms with Gasteiger partial charge in [0.05, 0.1) is 21.6 Å². The van der Waals surface area contributed by atoms with E-state index in [0.29, 0.717) is 22.3 Å². The second-order valence-corrected chi connectivity index (χ2v) is 7.88. The number of ether oxygens (including phenoxy) is 1. The van der Waals surface area contributed by atoms with Gasteiger partial charge in [0.1, 0.15) is 18.1 Å². The smallest absolute Gasteiger partial charge is 0.320 e. The molecule has 0 saturated heterocycles. The Kier molecular flexibility index (Phi) is 5.76. The number of alkyl halides is 2. The number of nitrogens with zero attached hydrogens (tertiary/aromatic N) is 4. The maximum absolute atomic E-state index is 13.7. The monoisotopic (exact) mass is 493 g/mol. The predicted octanol–water partition coefficient (Wildman–Crippen LogP) is 4.37. The van der Waals surface area contributed by atoms with Crippen molar-refractivity contribution in [2.24, 2.45) is 0 Å². The maximum Gasteiger partial charge on any atom is 0.320 e. The normalized spacial score (nSPS) is 13.0. The largest absolute Gasteiger partial charge is 0.482 e. The molecule has 1 aliphatic rings. The molecule has 2 heterocycles. The number of hydrogen-bond acceptors (Lipinski definition) is 6. The molecular weight excluding hydrogens is 476 g/mol. The number of fused-ring (bicyclic) bond motifs is 2. The number of carbonyl (C=O) groups is 2. The number of nitrogens with one attached hydrogen (secondary N) is 1. The minimum atomic E-state index is -2.79. The molecule has 0 saturated carbocycles. The Hall–Kier alpha value is -4.87. The molecule has 0 spiro atoms. The van der Waals surface area contributed by atoms with E-state index in [-0.39, 0.29) is 29.6 Å². The number of nitro benzene ring substituents is 1. The molecule has 1 aromatic heterocycles. The van der Waals surface area contributed by atoms with E-state index in [1.807, 2.05) is 0 Å². The van der Waals surface area contributed by atoms with Crippen molar-refractivity contribution >= 4 is 39.9 Å². The van der Waals surface area contributed by atoms with E-state index in [1.165, 1.54) is 30.3 Å². The third kappa shape index (κ3) is 4.19. The SMILES string of the molecule is O=C(CN1C(=O)COc2ccc([N+](=O)[O-])cc21)Nc1ccc(-c2nc3ccccc3n2C(F)F)cc1. The molecule has 10 nitrogen and oxygen atoms in total. The summed E-state index contributed by atoms with van der Waals surface area (Å²) in [5.74, 6) is -0.755. The van der Waals surface area contributed by atoms with Gasteiger partial charge in [-0.15, -0.1) is 0 Å². The highest BCUT2D eigenvalue weighted by molar-refractivity contribution is 6.05. The van der Waals surface area contributed by atoms with Crippen molar-refractivity contribution in [2.45, 2.75) is 6.55 Å². The molecule has 0 fully saturated rings. The minimum absolute atomic E-state index is 0.0844. The van der Waals surface area contributed by atoms with Crippen LogP contribution in [0.3, 0.4) is 0 Å². The van der Waals surface area contributed by atoms with Crippen LogP contribution in [-0.4, -0.2) is 39.4 Å². The maximum atomic E-state index is 13.7. The lowest BCUT2D eigenvalue weighted by molar-refractivity contribution is -0.384. The van der Waals surface area contributed by atoms with Crippen LogP contribution in [0, 0.1) is 10.1 Å². The van der Waals surface area contributed by atoms with E-state index in [0.717, 1.165) is 9.47 Å². The Morgan fingerprint density at radius 3 is 2.61 bits per heavy atom. The summed E-state index contributed by atoms with van der Waals surface area (Å²) >= 11 is 0. The van der Waals surface area contributed by atoms with Gasteiger partial charge < -0.3 is 10.1 Å². The van der Waals surface area contributed by atoms with Gasteiger partial charge in [-0.25, -0.2) is 4.98 Å². The predicted molar refractivity (Wildman–Crippen MR) is 126 cm³/mol. The van der Waals surface area contributed by atoms with Crippen molar-refractivity contribution in [1.29, 1.82) is 0 Å². The number of para-hydroxylation sites is 2. The minimum Gasteiger partial charge on any atom is -0.482 e. The summed E-state index contributed by atoms with van der Waals surface area (Å²) in [4.78, 5) is 41.0. The number of hydrogen-bond donors (Lipinski definition) is 1. The van der Waals surface area contributed by atoms with Gasteiger partial charge in [0, 0.05) is 23.4 Å². The first-order chi connectivity index (χ1) is 17.3. The quantitative estimate of drug-likeness (QED) is 0.315. The van der Waals surface area contributed by atoms with Gasteiger partial charge in [-0.3, -0.25) is 29.2 Å². The standard InChI is InChI=1S/C24H17F2N5O5/c25-24(26)30-18-4-2-1-3-17(18)28-23(30)14-5-7-15(8-6-14)27-21(32)12-29-19-11-16(31(34)35)9-10-20(19)36-13-22(29)33/h1-11,24H,12-13H2,(H,27,32). The Morgan fingerprint density at radius 1 is 1.14 bits per heavy atom. The highest BCUT2D eigenvalue weighted by Gasteiger charge is 2.29. The zero-order chi connectivity index (χ0) is 25.4. The molecule has 5 rings (SSSR count). The first-order valence-corrected chi connectivity index (χ1v) is 10.7. The first-order valence-electron chi connectivity index (χ1n) is 10.7. The number of amides is 2. The molecule has 1 aliphatic heterocycles. The van der Waals surface area contributed by atoms with Gasteiger partial charge >= 0.3 is 6.55 Å². The van der Waals surface area contributed by atoms with Gasteiger partial charge in [-0.05, 0) is 42.5 Å². The van der Waals surface area contributed by atoms with Crippen LogP contribution in [0.25, 0.3) is 22.4 Å². The Bertz CT molecular complexity index is 1500. The molecule has 182 valence electrons. The van der Waals surface area contributed by atoms with Crippen molar-refractivity contribution in [3.63, 3.8) is 0 Å². The summed E-state index contributed by atoms with van der Waals surface area (Å²) in [6.07, 6.45) is 0. The van der Waals surface area contributed by atoms with Gasteiger partial charge in [-0.1, -0.05) is 12.1 Å². The number of rotatable bonds is 6. The summed E-state index contributed by atoms with van der Waals surface area (Å²) < 4.78 is 33.6. The summed E-state index contributed by atoms with van der Waals surface area (Å²) in [6.45, 7) is -3.51. The number of carbonyl (C=O) groups excluding carboxylic acids is 2. The van der Waals surface area contributed by atoms with Crippen molar-refractivity contribution in [1.82, 2.24) is 9.55 Å². The van der Waals surface area contributed by atoms with Crippen LogP contribution in [0.2, 0.25) is 0 Å². The van der Waals surface area contributed by atoms with E-state index >= 15 is 0 Å². The summed E-state index contributed by atoms with van der Waals surface area (Å²) in [6, 6.07) is 16.5. The van der Waals surface area contributed by atoms with Crippen LogP contribution >= 0.6 is 0 Å². The second-order valence-electron chi connectivity index (χ2n) is 7.88. The van der Waals surface area contributed by atoms with Crippen LogP contribution in [0.1, 0.15) is 6.55 Å². The average Bonchev–Trinajstić information content (AvgIpc) is 3.26. The summed E-state index contributed by atoms with van der Waals surface area (Å²) in [5, 5.41) is 13.7. The molecule has 12 heteroatoms. The van der Waals surface area contributed by atoms with Crippen molar-refractivity contribution in [3.8, 4) is 17.1 Å². The zero-order valence-corrected chi connectivity index (χ0v) is 18.4. The van der Waals surface area contributed by atoms with Crippen molar-refractivity contribution in [2.75, 3.05) is 23.4 Å². The van der Waals surface area contributed by atoms with Gasteiger partial charge in [0.25, 0.3) is 11.6 Å². The highest BCUT2D eigenvalue weighted by Crippen LogP contribution is 2.35. The van der Waals surface area contributed by atoms with Crippen LogP contribution < -0.4 is 15.0 Å². The molecule has 1 N–H and O–H groups in total. The molecule has 0 aliphatic carbocycles. The number of non-ortho nitro benzene ring substituents is 1. The third-order valence-electron chi connectivity index (χ3n) is 5.62. The topological polar surface area (TPSA) is 120 Å². The molecule has 0 bridgehead atoms. The van der Waals surface area contributed by atoms with E-state index in [2.05, 4.69) is 10.3 Å². The third-order valence-corrected chi connectivity index (χ3v) is 5.62. The fourth-order valence-electron chi connectivity index (χ4n) is 3.97. The fraction of sp³-hybridized carbons (Fsp3) is 0.125. The lowest BCUT2D eigenvalue weighted by atomic mass is 10.2. The number of benzene rings is 3. The van der Waals surface area contributed by atoms with Gasteiger partial charge in [0.2, 0.25) is 5.91 Å². The number of anilines is 2. The first kappa shape index (κ1) is 22.9. The van der Waals surface area contributed by atoms with E-state index < -0.39 is 29.8 Å². The molecular formula is C24H17F2N5O5. The lowest BCUT2D eigenvalue weighted by Crippen LogP contribution is -2.43. The van der Waals surface area contributed by atoms with Crippen molar-refractivity contribution in [3.05, 3.63) is 76.8 Å². The molecule has 0 unspecified atom stereocenters. The van der Waals surface area contributed by atoms with Crippen LogP contribution in [0.15, 0.2) is 66.7 Å². The molecule has 3 aromatic carbocycles. The van der Waals surface area contributed by atoms with Crippen LogP contribution in [0.5, 0.6) is 5.75 Å². The number of nitro groups is 1. The van der Waals surface area contributed by atoms with E-state index in [9.17, 15) is 28.5 Å². The highest BCUT2D eigenvalue weighted by atomic mass is 19.3. The second kappa shape index (κ2) is 9.06. The molecule has 0 radical (unpaired) electrons. The van der Waals surface area contributed by atoms with Gasteiger partial charge in [0.15, 0.2) is 6.61 Å². The molecule has 36 heavy (non-hydrogen) atoms. The fourth-order valence-corrected chi connectivity index (χ4v) is 3.97. The van der Waals surface area contributed by atoms with Crippen LogP contribution in [-0.2, 0) is 9.59 Å². The molecule has 4 aromatic rings. The molecule has 2 amide bonds. The Labute approximate surface area is 201 Å². The lowest BCUT2D eigenvalue weighted by Gasteiger charge is -2.28.